The van der Waals surface area contributed by atoms with Crippen LogP contribution in [0.1, 0.15) is 67.2 Å². The van der Waals surface area contributed by atoms with Gasteiger partial charge in [-0.3, -0.25) is 4.90 Å². The zero-order valence-electron chi connectivity index (χ0n) is 14.8. The summed E-state index contributed by atoms with van der Waals surface area (Å²) in [4.78, 5) is 2.78. The molecular weight excluding hydrogens is 244 g/mol. The number of hydrogen-bond acceptors (Lipinski definition) is 2. The van der Waals surface area contributed by atoms with E-state index < -0.39 is 0 Å². The molecule has 1 rings (SSSR count). The second-order valence-corrected chi connectivity index (χ2v) is 8.07. The van der Waals surface area contributed by atoms with Gasteiger partial charge in [0, 0.05) is 19.1 Å². The zero-order chi connectivity index (χ0) is 15.2. The van der Waals surface area contributed by atoms with Gasteiger partial charge in [0.2, 0.25) is 0 Å². The first-order valence-electron chi connectivity index (χ1n) is 8.81. The first-order chi connectivity index (χ1) is 9.36. The van der Waals surface area contributed by atoms with E-state index in [1.165, 1.54) is 38.8 Å². The molecule has 1 unspecified atom stereocenters. The molecule has 0 radical (unpaired) electrons. The molecule has 1 saturated carbocycles. The molecular formula is C18H38N2. The fraction of sp³-hybridized carbons (Fsp3) is 1.00. The molecule has 0 aromatic rings. The van der Waals surface area contributed by atoms with Crippen LogP contribution in [0.5, 0.6) is 0 Å². The van der Waals surface area contributed by atoms with Crippen molar-refractivity contribution < 1.29 is 0 Å². The third-order valence-electron chi connectivity index (χ3n) is 4.60. The maximum absolute atomic E-state index is 3.68. The molecule has 0 amide bonds. The van der Waals surface area contributed by atoms with Crippen LogP contribution in [0.4, 0.5) is 0 Å². The quantitative estimate of drug-likeness (QED) is 0.612. The first kappa shape index (κ1) is 18.0. The van der Waals surface area contributed by atoms with Crippen LogP contribution in [0.2, 0.25) is 0 Å². The highest BCUT2D eigenvalue weighted by Gasteiger charge is 2.33. The summed E-state index contributed by atoms with van der Waals surface area (Å²) in [6, 6.07) is 0.893. The monoisotopic (exact) mass is 282 g/mol. The van der Waals surface area contributed by atoms with Crippen LogP contribution < -0.4 is 5.32 Å². The van der Waals surface area contributed by atoms with Gasteiger partial charge < -0.3 is 5.32 Å². The standard InChI is InChI=1S/C18H38N2/c1-7-18(6,13-19-12-16(4)5)14-20(17-8-9-17)11-10-15(2)3/h15-17,19H,7-14H2,1-6H3. The Labute approximate surface area is 127 Å². The van der Waals surface area contributed by atoms with Gasteiger partial charge in [0.15, 0.2) is 0 Å². The summed E-state index contributed by atoms with van der Waals surface area (Å²) in [5.41, 5.74) is 0.425. The van der Waals surface area contributed by atoms with Gasteiger partial charge in [0.05, 0.1) is 0 Å². The van der Waals surface area contributed by atoms with Crippen LogP contribution in [0.3, 0.4) is 0 Å². The third kappa shape index (κ3) is 7.08. The minimum atomic E-state index is 0.425. The van der Waals surface area contributed by atoms with E-state index in [2.05, 4.69) is 51.8 Å². The highest BCUT2D eigenvalue weighted by atomic mass is 15.2. The Hall–Kier alpha value is -0.0800. The Morgan fingerprint density at radius 3 is 2.25 bits per heavy atom. The van der Waals surface area contributed by atoms with Crippen molar-refractivity contribution in [2.75, 3.05) is 26.2 Å². The van der Waals surface area contributed by atoms with Crippen molar-refractivity contribution in [1.29, 1.82) is 0 Å². The van der Waals surface area contributed by atoms with Crippen LogP contribution in [-0.2, 0) is 0 Å². The van der Waals surface area contributed by atoms with E-state index in [-0.39, 0.29) is 0 Å². The Morgan fingerprint density at radius 2 is 1.80 bits per heavy atom. The van der Waals surface area contributed by atoms with Gasteiger partial charge in [-0.25, -0.2) is 0 Å². The van der Waals surface area contributed by atoms with Crippen molar-refractivity contribution in [2.45, 2.75) is 73.3 Å². The molecule has 0 heterocycles. The van der Waals surface area contributed by atoms with Gasteiger partial charge in [-0.05, 0) is 56.0 Å². The van der Waals surface area contributed by atoms with Gasteiger partial charge in [0.25, 0.3) is 0 Å². The van der Waals surface area contributed by atoms with Crippen molar-refractivity contribution >= 4 is 0 Å². The summed E-state index contributed by atoms with van der Waals surface area (Å²) in [5, 5.41) is 3.68. The normalized spacial score (nSPS) is 19.1. The van der Waals surface area contributed by atoms with Crippen molar-refractivity contribution in [3.8, 4) is 0 Å². The molecule has 120 valence electrons. The van der Waals surface area contributed by atoms with Crippen LogP contribution in [0, 0.1) is 17.3 Å². The smallest absolute Gasteiger partial charge is 0.00966 e. The molecule has 2 heteroatoms. The summed E-state index contributed by atoms with van der Waals surface area (Å²) < 4.78 is 0. The number of hydrogen-bond donors (Lipinski definition) is 1. The molecule has 0 bridgehead atoms. The molecule has 0 saturated heterocycles. The van der Waals surface area contributed by atoms with Crippen LogP contribution in [-0.4, -0.2) is 37.1 Å². The predicted molar refractivity (Wildman–Crippen MR) is 90.2 cm³/mol. The average molecular weight is 283 g/mol. The Bertz CT molecular complexity index is 258. The third-order valence-corrected chi connectivity index (χ3v) is 4.60. The summed E-state index contributed by atoms with van der Waals surface area (Å²) in [7, 11) is 0. The lowest BCUT2D eigenvalue weighted by atomic mass is 9.86. The number of nitrogens with one attached hydrogen (secondary N) is 1. The summed E-state index contributed by atoms with van der Waals surface area (Å²) >= 11 is 0. The van der Waals surface area contributed by atoms with E-state index in [0.29, 0.717) is 5.41 Å². The van der Waals surface area contributed by atoms with Crippen LogP contribution >= 0.6 is 0 Å². The van der Waals surface area contributed by atoms with E-state index in [1.807, 2.05) is 0 Å². The van der Waals surface area contributed by atoms with Gasteiger partial charge in [0.1, 0.15) is 0 Å². The molecule has 0 spiro atoms. The highest BCUT2D eigenvalue weighted by molar-refractivity contribution is 4.89. The summed E-state index contributed by atoms with van der Waals surface area (Å²) in [6.45, 7) is 18.9. The maximum atomic E-state index is 3.68. The number of nitrogens with zero attached hydrogens (tertiary/aromatic N) is 1. The molecule has 1 aliphatic carbocycles. The lowest BCUT2D eigenvalue weighted by Gasteiger charge is -2.36. The van der Waals surface area contributed by atoms with Crippen LogP contribution in [0.25, 0.3) is 0 Å². The minimum absolute atomic E-state index is 0.425. The predicted octanol–water partition coefficient (Wildman–Crippen LogP) is 4.16. The fourth-order valence-electron chi connectivity index (χ4n) is 2.70. The van der Waals surface area contributed by atoms with Crippen LogP contribution in [0.15, 0.2) is 0 Å². The molecule has 1 atom stereocenters. The molecule has 20 heavy (non-hydrogen) atoms. The summed E-state index contributed by atoms with van der Waals surface area (Å²) in [5.74, 6) is 1.57. The average Bonchev–Trinajstić information content (AvgIpc) is 3.18. The van der Waals surface area contributed by atoms with Crippen molar-refractivity contribution in [2.24, 2.45) is 17.3 Å². The van der Waals surface area contributed by atoms with Gasteiger partial charge in [-0.2, -0.15) is 0 Å². The van der Waals surface area contributed by atoms with E-state index in [1.54, 1.807) is 0 Å². The second kappa shape index (κ2) is 8.38. The Morgan fingerprint density at radius 1 is 1.15 bits per heavy atom. The van der Waals surface area contributed by atoms with Crippen molar-refractivity contribution in [3.63, 3.8) is 0 Å². The fourth-order valence-corrected chi connectivity index (χ4v) is 2.70. The van der Waals surface area contributed by atoms with Crippen molar-refractivity contribution in [3.05, 3.63) is 0 Å². The lowest BCUT2D eigenvalue weighted by Crippen LogP contribution is -2.44. The molecule has 1 N–H and O–H groups in total. The summed E-state index contributed by atoms with van der Waals surface area (Å²) in [6.07, 6.45) is 5.47. The van der Waals surface area contributed by atoms with Gasteiger partial charge >= 0.3 is 0 Å². The second-order valence-electron chi connectivity index (χ2n) is 8.07. The van der Waals surface area contributed by atoms with E-state index in [9.17, 15) is 0 Å². The van der Waals surface area contributed by atoms with Gasteiger partial charge in [-0.15, -0.1) is 0 Å². The number of rotatable bonds is 11. The highest BCUT2D eigenvalue weighted by Crippen LogP contribution is 2.32. The molecule has 0 aliphatic heterocycles. The van der Waals surface area contributed by atoms with Crippen molar-refractivity contribution in [1.82, 2.24) is 10.2 Å². The molecule has 1 aliphatic rings. The zero-order valence-corrected chi connectivity index (χ0v) is 14.8. The van der Waals surface area contributed by atoms with E-state index >= 15 is 0 Å². The largest absolute Gasteiger partial charge is 0.316 e. The lowest BCUT2D eigenvalue weighted by molar-refractivity contribution is 0.141. The van der Waals surface area contributed by atoms with Gasteiger partial charge in [-0.1, -0.05) is 41.5 Å². The van der Waals surface area contributed by atoms with E-state index in [0.717, 1.165) is 31.0 Å². The molecule has 1 fully saturated rings. The first-order valence-corrected chi connectivity index (χ1v) is 8.81. The Kier molecular flexibility index (Phi) is 7.53. The SMILES string of the molecule is CCC(C)(CNCC(C)C)CN(CCC(C)C)C1CC1. The molecule has 2 nitrogen and oxygen atoms in total. The Balaban J connectivity index is 2.44. The maximum Gasteiger partial charge on any atom is 0.00966 e. The van der Waals surface area contributed by atoms with E-state index in [4.69, 9.17) is 0 Å². The molecule has 0 aromatic carbocycles. The topological polar surface area (TPSA) is 15.3 Å². The minimum Gasteiger partial charge on any atom is -0.316 e. The molecule has 0 aromatic heterocycles.